The zero-order valence-corrected chi connectivity index (χ0v) is 24.5. The number of halogens is 2. The van der Waals surface area contributed by atoms with Crippen molar-refractivity contribution in [2.75, 3.05) is 57.2 Å². The van der Waals surface area contributed by atoms with Crippen LogP contribution in [0.1, 0.15) is 11.1 Å². The first kappa shape index (κ1) is 30.6. The fourth-order valence-corrected chi connectivity index (χ4v) is 5.28. The van der Waals surface area contributed by atoms with E-state index in [9.17, 15) is 18.7 Å². The Morgan fingerprint density at radius 2 is 1.77 bits per heavy atom. The highest BCUT2D eigenvalue weighted by molar-refractivity contribution is 6.02. The van der Waals surface area contributed by atoms with Gasteiger partial charge in [0, 0.05) is 67.4 Å². The van der Waals surface area contributed by atoms with Crippen LogP contribution in [0, 0.1) is 11.6 Å². The molecule has 0 radical (unpaired) electrons. The van der Waals surface area contributed by atoms with Crippen molar-refractivity contribution >= 4 is 23.4 Å². The standard InChI is InChI=1S/C32H34F2N6O4/c1-43-27-9-11-30(44-2)23(17-27)3-12-31(41)37-25-5-7-26(8-6-25)39-15-13-38(14-16-39)19-32(42,20-40-22-35-21-36-40)28-10-4-24(33)18-29(28)34/h3-12,17-18,21-22,42H,13-16,19-20H2,1-2H3,(H,37,41)/b12-3+. The van der Waals surface area contributed by atoms with E-state index in [1.807, 2.05) is 24.3 Å². The molecule has 3 aromatic carbocycles. The Morgan fingerprint density at radius 1 is 1.00 bits per heavy atom. The molecule has 0 spiro atoms. The number of carbonyl (C=O) groups excluding carboxylic acids is 1. The number of rotatable bonds is 11. The summed E-state index contributed by atoms with van der Waals surface area (Å²) in [6.45, 7) is 2.65. The number of carbonyl (C=O) groups is 1. The van der Waals surface area contributed by atoms with E-state index in [1.54, 1.807) is 38.5 Å². The number of benzene rings is 3. The topological polar surface area (TPSA) is 105 Å². The van der Waals surface area contributed by atoms with Gasteiger partial charge in [-0.05, 0) is 54.6 Å². The molecule has 1 atom stereocenters. The number of methoxy groups -OCH3 is 2. The summed E-state index contributed by atoms with van der Waals surface area (Å²) in [6.07, 6.45) is 5.90. The van der Waals surface area contributed by atoms with Crippen LogP contribution in [-0.4, -0.2) is 77.6 Å². The number of hydrogen-bond donors (Lipinski definition) is 2. The van der Waals surface area contributed by atoms with Gasteiger partial charge in [-0.2, -0.15) is 5.10 Å². The molecule has 0 saturated carbocycles. The van der Waals surface area contributed by atoms with Crippen LogP contribution in [0.5, 0.6) is 11.5 Å². The summed E-state index contributed by atoms with van der Waals surface area (Å²) < 4.78 is 40.4. The molecule has 5 rings (SSSR count). The number of aliphatic hydroxyl groups is 1. The summed E-state index contributed by atoms with van der Waals surface area (Å²) >= 11 is 0. The number of β-amino-alcohol motifs (C(OH)–C–C–N with tert-alkyl or cyclic N) is 1. The predicted molar refractivity (Wildman–Crippen MR) is 163 cm³/mol. The molecule has 1 unspecified atom stereocenters. The third-order valence-electron chi connectivity index (χ3n) is 7.53. The van der Waals surface area contributed by atoms with Crippen LogP contribution in [0.4, 0.5) is 20.2 Å². The third-order valence-corrected chi connectivity index (χ3v) is 7.53. The van der Waals surface area contributed by atoms with Crippen LogP contribution in [0.15, 0.2) is 79.4 Å². The van der Waals surface area contributed by atoms with E-state index in [0.717, 1.165) is 23.4 Å². The lowest BCUT2D eigenvalue weighted by Crippen LogP contribution is -2.52. The normalized spacial score (nSPS) is 15.2. The van der Waals surface area contributed by atoms with Crippen molar-refractivity contribution < 1.29 is 28.2 Å². The Bertz CT molecular complexity index is 1590. The maximum absolute atomic E-state index is 14.8. The highest BCUT2D eigenvalue weighted by Crippen LogP contribution is 2.29. The van der Waals surface area contributed by atoms with E-state index in [2.05, 4.69) is 25.2 Å². The lowest BCUT2D eigenvalue weighted by Gasteiger charge is -2.40. The Kier molecular flexibility index (Phi) is 9.51. The van der Waals surface area contributed by atoms with Crippen molar-refractivity contribution in [3.63, 3.8) is 0 Å². The number of nitrogens with zero attached hydrogens (tertiary/aromatic N) is 5. The van der Waals surface area contributed by atoms with E-state index < -0.39 is 17.2 Å². The molecule has 1 amide bonds. The summed E-state index contributed by atoms with van der Waals surface area (Å²) in [5.41, 5.74) is 0.712. The molecule has 12 heteroatoms. The summed E-state index contributed by atoms with van der Waals surface area (Å²) in [7, 11) is 3.14. The van der Waals surface area contributed by atoms with E-state index >= 15 is 0 Å². The number of anilines is 2. The molecule has 0 aliphatic carbocycles. The first-order chi connectivity index (χ1) is 21.3. The molecule has 1 saturated heterocycles. The van der Waals surface area contributed by atoms with Gasteiger partial charge in [-0.25, -0.2) is 18.4 Å². The van der Waals surface area contributed by atoms with Crippen LogP contribution in [0.3, 0.4) is 0 Å². The van der Waals surface area contributed by atoms with Gasteiger partial charge in [0.1, 0.15) is 41.4 Å². The van der Waals surface area contributed by atoms with Crippen LogP contribution >= 0.6 is 0 Å². The molecular formula is C32H34F2N6O4. The molecular weight excluding hydrogens is 570 g/mol. The minimum Gasteiger partial charge on any atom is -0.497 e. The third kappa shape index (κ3) is 7.39. The van der Waals surface area contributed by atoms with E-state index in [1.165, 1.54) is 29.5 Å². The number of amides is 1. The van der Waals surface area contributed by atoms with Gasteiger partial charge in [0.25, 0.3) is 0 Å². The van der Waals surface area contributed by atoms with Crippen molar-refractivity contribution in [3.8, 4) is 11.5 Å². The number of nitrogens with one attached hydrogen (secondary N) is 1. The summed E-state index contributed by atoms with van der Waals surface area (Å²) in [5, 5.41) is 18.6. The lowest BCUT2D eigenvalue weighted by molar-refractivity contribution is -0.111. The maximum atomic E-state index is 14.8. The maximum Gasteiger partial charge on any atom is 0.248 e. The molecule has 1 aliphatic heterocycles. The van der Waals surface area contributed by atoms with Gasteiger partial charge in [-0.1, -0.05) is 6.07 Å². The predicted octanol–water partition coefficient (Wildman–Crippen LogP) is 3.94. The summed E-state index contributed by atoms with van der Waals surface area (Å²) in [6, 6.07) is 16.1. The molecule has 1 aliphatic rings. The highest BCUT2D eigenvalue weighted by atomic mass is 19.1. The van der Waals surface area contributed by atoms with Crippen LogP contribution in [-0.2, 0) is 16.9 Å². The number of aromatic nitrogens is 3. The first-order valence-corrected chi connectivity index (χ1v) is 14.0. The molecule has 1 aromatic heterocycles. The molecule has 0 bridgehead atoms. The second kappa shape index (κ2) is 13.7. The Labute approximate surface area is 254 Å². The zero-order chi connectivity index (χ0) is 31.1. The average Bonchev–Trinajstić information content (AvgIpc) is 3.53. The molecule has 2 N–H and O–H groups in total. The van der Waals surface area contributed by atoms with Crippen LogP contribution in [0.2, 0.25) is 0 Å². The van der Waals surface area contributed by atoms with Gasteiger partial charge in [0.15, 0.2) is 0 Å². The number of hydrogen-bond acceptors (Lipinski definition) is 8. The van der Waals surface area contributed by atoms with Gasteiger partial charge in [0.2, 0.25) is 5.91 Å². The summed E-state index contributed by atoms with van der Waals surface area (Å²) in [5.74, 6) is -0.520. The van der Waals surface area contributed by atoms with E-state index in [0.29, 0.717) is 43.4 Å². The second-order valence-electron chi connectivity index (χ2n) is 10.5. The minimum atomic E-state index is -1.65. The van der Waals surface area contributed by atoms with Crippen molar-refractivity contribution in [1.29, 1.82) is 0 Å². The number of ether oxygens (including phenoxy) is 2. The molecule has 1 fully saturated rings. The fraction of sp³-hybridized carbons (Fsp3) is 0.281. The van der Waals surface area contributed by atoms with Crippen molar-refractivity contribution in [2.45, 2.75) is 12.1 Å². The van der Waals surface area contributed by atoms with E-state index in [-0.39, 0.29) is 24.6 Å². The Balaban J connectivity index is 1.18. The Hall–Kier alpha value is -4.81. The number of piperazine rings is 1. The minimum absolute atomic E-state index is 0.00643. The van der Waals surface area contributed by atoms with Gasteiger partial charge in [-0.15, -0.1) is 0 Å². The van der Waals surface area contributed by atoms with Gasteiger partial charge in [-0.3, -0.25) is 9.69 Å². The smallest absolute Gasteiger partial charge is 0.248 e. The quantitative estimate of drug-likeness (QED) is 0.248. The van der Waals surface area contributed by atoms with Crippen LogP contribution < -0.4 is 19.7 Å². The van der Waals surface area contributed by atoms with E-state index in [4.69, 9.17) is 9.47 Å². The molecule has 230 valence electrons. The average molecular weight is 605 g/mol. The molecule has 2 heterocycles. The molecule has 44 heavy (non-hydrogen) atoms. The lowest BCUT2D eigenvalue weighted by atomic mass is 9.92. The van der Waals surface area contributed by atoms with Gasteiger partial charge >= 0.3 is 0 Å². The molecule has 10 nitrogen and oxygen atoms in total. The van der Waals surface area contributed by atoms with Gasteiger partial charge in [0.05, 0.1) is 20.8 Å². The summed E-state index contributed by atoms with van der Waals surface area (Å²) in [4.78, 5) is 20.7. The molecule has 4 aromatic rings. The van der Waals surface area contributed by atoms with Crippen molar-refractivity contribution in [3.05, 3.63) is 102 Å². The zero-order valence-electron chi connectivity index (χ0n) is 24.5. The second-order valence-corrected chi connectivity index (χ2v) is 10.5. The fourth-order valence-electron chi connectivity index (χ4n) is 5.28. The SMILES string of the molecule is COc1ccc(OC)c(/C=C/C(=O)Nc2ccc(N3CCN(CC(O)(Cn4cncn4)c4ccc(F)cc4F)CC3)cc2)c1. The Morgan fingerprint density at radius 3 is 2.43 bits per heavy atom. The largest absolute Gasteiger partial charge is 0.497 e. The van der Waals surface area contributed by atoms with Crippen molar-refractivity contribution in [2.24, 2.45) is 0 Å². The first-order valence-electron chi connectivity index (χ1n) is 14.0. The van der Waals surface area contributed by atoms with Crippen molar-refractivity contribution in [1.82, 2.24) is 19.7 Å². The van der Waals surface area contributed by atoms with Crippen LogP contribution in [0.25, 0.3) is 6.08 Å². The van der Waals surface area contributed by atoms with Gasteiger partial charge < -0.3 is 24.8 Å². The monoisotopic (exact) mass is 604 g/mol. The highest BCUT2D eigenvalue weighted by Gasteiger charge is 2.36.